The summed E-state index contributed by atoms with van der Waals surface area (Å²) in [5.74, 6) is 1.05. The SMILES string of the molecule is CC12CC1CCN2. The second-order valence-corrected chi connectivity index (χ2v) is 3.03. The van der Waals surface area contributed by atoms with Crippen molar-refractivity contribution >= 4 is 0 Å². The first-order valence-corrected chi connectivity index (χ1v) is 3.06. The fourth-order valence-corrected chi connectivity index (χ4v) is 1.62. The van der Waals surface area contributed by atoms with E-state index in [0.717, 1.165) is 5.92 Å². The maximum absolute atomic E-state index is 3.47. The summed E-state index contributed by atoms with van der Waals surface area (Å²) in [5, 5.41) is 3.47. The van der Waals surface area contributed by atoms with Crippen molar-refractivity contribution in [2.45, 2.75) is 25.3 Å². The molecule has 0 aromatic carbocycles. The number of hydrogen-bond donors (Lipinski definition) is 1. The van der Waals surface area contributed by atoms with Gasteiger partial charge in [0.1, 0.15) is 0 Å². The Labute approximate surface area is 44.1 Å². The predicted molar refractivity (Wildman–Crippen MR) is 29.1 cm³/mol. The van der Waals surface area contributed by atoms with Crippen LogP contribution in [0.15, 0.2) is 0 Å². The lowest BCUT2D eigenvalue weighted by molar-refractivity contribution is 0.601. The lowest BCUT2D eigenvalue weighted by atomic mass is 10.3. The second-order valence-electron chi connectivity index (χ2n) is 3.03. The molecule has 2 unspecified atom stereocenters. The molecule has 1 heteroatoms. The molecule has 1 heterocycles. The summed E-state index contributed by atoms with van der Waals surface area (Å²) in [4.78, 5) is 0. The second kappa shape index (κ2) is 0.873. The van der Waals surface area contributed by atoms with Gasteiger partial charge in [0.05, 0.1) is 0 Å². The molecule has 0 bridgehead atoms. The number of fused-ring (bicyclic) bond motifs is 1. The van der Waals surface area contributed by atoms with Crippen LogP contribution < -0.4 is 5.32 Å². The Hall–Kier alpha value is -0.0400. The van der Waals surface area contributed by atoms with Gasteiger partial charge < -0.3 is 5.32 Å². The maximum Gasteiger partial charge on any atom is 0.0186 e. The quantitative estimate of drug-likeness (QED) is 0.470. The van der Waals surface area contributed by atoms with Gasteiger partial charge in [0.15, 0.2) is 0 Å². The van der Waals surface area contributed by atoms with Gasteiger partial charge in [-0.1, -0.05) is 0 Å². The highest BCUT2D eigenvalue weighted by Gasteiger charge is 2.52. The van der Waals surface area contributed by atoms with Crippen molar-refractivity contribution in [1.29, 1.82) is 0 Å². The molecule has 2 atom stereocenters. The van der Waals surface area contributed by atoms with Gasteiger partial charge in [0.25, 0.3) is 0 Å². The molecule has 1 nitrogen and oxygen atoms in total. The maximum atomic E-state index is 3.47. The Morgan fingerprint density at radius 1 is 1.71 bits per heavy atom. The van der Waals surface area contributed by atoms with E-state index in [-0.39, 0.29) is 0 Å². The van der Waals surface area contributed by atoms with Crippen molar-refractivity contribution in [3.63, 3.8) is 0 Å². The highest BCUT2D eigenvalue weighted by molar-refractivity contribution is 5.10. The molecule has 0 aromatic heterocycles. The van der Waals surface area contributed by atoms with Gasteiger partial charge >= 0.3 is 0 Å². The first kappa shape index (κ1) is 3.90. The van der Waals surface area contributed by atoms with E-state index in [1.165, 1.54) is 19.4 Å². The molecule has 0 spiro atoms. The van der Waals surface area contributed by atoms with Gasteiger partial charge in [-0.05, 0) is 32.2 Å². The molecule has 1 saturated carbocycles. The topological polar surface area (TPSA) is 12.0 Å². The van der Waals surface area contributed by atoms with E-state index in [0.29, 0.717) is 5.54 Å². The van der Waals surface area contributed by atoms with Crippen molar-refractivity contribution in [2.75, 3.05) is 6.54 Å². The third kappa shape index (κ3) is 0.367. The number of hydrogen-bond acceptors (Lipinski definition) is 1. The van der Waals surface area contributed by atoms with Crippen molar-refractivity contribution in [1.82, 2.24) is 5.32 Å². The smallest absolute Gasteiger partial charge is 0.0186 e. The van der Waals surface area contributed by atoms with E-state index < -0.39 is 0 Å². The minimum absolute atomic E-state index is 0.611. The Morgan fingerprint density at radius 2 is 2.57 bits per heavy atom. The third-order valence-corrected chi connectivity index (χ3v) is 2.43. The molecule has 1 aliphatic carbocycles. The molecule has 40 valence electrons. The van der Waals surface area contributed by atoms with Gasteiger partial charge in [-0.3, -0.25) is 0 Å². The third-order valence-electron chi connectivity index (χ3n) is 2.43. The van der Waals surface area contributed by atoms with E-state index in [9.17, 15) is 0 Å². The molecule has 0 amide bonds. The summed E-state index contributed by atoms with van der Waals surface area (Å²) >= 11 is 0. The Bertz CT molecular complexity index is 98.4. The summed E-state index contributed by atoms with van der Waals surface area (Å²) in [6, 6.07) is 0. The monoisotopic (exact) mass is 97.1 g/mol. The van der Waals surface area contributed by atoms with Crippen LogP contribution in [0.3, 0.4) is 0 Å². The fourth-order valence-electron chi connectivity index (χ4n) is 1.62. The van der Waals surface area contributed by atoms with Crippen LogP contribution in [0.5, 0.6) is 0 Å². The summed E-state index contributed by atoms with van der Waals surface area (Å²) in [6.07, 6.45) is 2.86. The zero-order valence-corrected chi connectivity index (χ0v) is 4.70. The summed E-state index contributed by atoms with van der Waals surface area (Å²) in [5.41, 5.74) is 0.611. The zero-order chi connectivity index (χ0) is 4.91. The zero-order valence-electron chi connectivity index (χ0n) is 4.70. The standard InChI is InChI=1S/C6H11N/c1-6-4-5(6)2-3-7-6/h5,7H,2-4H2,1H3. The van der Waals surface area contributed by atoms with E-state index in [1.54, 1.807) is 0 Å². The van der Waals surface area contributed by atoms with Crippen LogP contribution >= 0.6 is 0 Å². The normalized spacial score (nSPS) is 57.0. The highest BCUT2D eigenvalue weighted by atomic mass is 15.1. The molecule has 1 N–H and O–H groups in total. The van der Waals surface area contributed by atoms with Crippen LogP contribution in [0.25, 0.3) is 0 Å². The van der Waals surface area contributed by atoms with Crippen molar-refractivity contribution in [3.05, 3.63) is 0 Å². The van der Waals surface area contributed by atoms with Crippen LogP contribution in [0, 0.1) is 5.92 Å². The minimum atomic E-state index is 0.611. The Kier molecular flexibility index (Phi) is 0.487. The Balaban J connectivity index is 2.17. The van der Waals surface area contributed by atoms with E-state index in [1.807, 2.05) is 0 Å². The largest absolute Gasteiger partial charge is 0.311 e. The van der Waals surface area contributed by atoms with Gasteiger partial charge in [0, 0.05) is 5.54 Å². The average Bonchev–Trinajstić information content (AvgIpc) is 2.09. The molecule has 7 heavy (non-hydrogen) atoms. The van der Waals surface area contributed by atoms with Crippen molar-refractivity contribution in [3.8, 4) is 0 Å². The van der Waals surface area contributed by atoms with Crippen molar-refractivity contribution in [2.24, 2.45) is 5.92 Å². The molecule has 2 rings (SSSR count). The van der Waals surface area contributed by atoms with Gasteiger partial charge in [0.2, 0.25) is 0 Å². The number of rotatable bonds is 0. The first-order chi connectivity index (χ1) is 3.31. The van der Waals surface area contributed by atoms with Crippen LogP contribution in [-0.2, 0) is 0 Å². The van der Waals surface area contributed by atoms with Crippen molar-refractivity contribution < 1.29 is 0 Å². The van der Waals surface area contributed by atoms with Crippen LogP contribution in [0.2, 0.25) is 0 Å². The summed E-state index contributed by atoms with van der Waals surface area (Å²) < 4.78 is 0. The lowest BCUT2D eigenvalue weighted by Gasteiger charge is -2.01. The lowest BCUT2D eigenvalue weighted by Crippen LogP contribution is -2.23. The predicted octanol–water partition coefficient (Wildman–Crippen LogP) is 0.758. The van der Waals surface area contributed by atoms with E-state index in [2.05, 4.69) is 12.2 Å². The molecular formula is C6H11N. The van der Waals surface area contributed by atoms with E-state index >= 15 is 0 Å². The number of piperidine rings is 1. The summed E-state index contributed by atoms with van der Waals surface area (Å²) in [6.45, 7) is 3.59. The van der Waals surface area contributed by atoms with Crippen LogP contribution in [0.4, 0.5) is 0 Å². The van der Waals surface area contributed by atoms with Crippen LogP contribution in [0.1, 0.15) is 19.8 Å². The molecule has 0 aromatic rings. The first-order valence-electron chi connectivity index (χ1n) is 3.06. The molecule has 0 radical (unpaired) electrons. The molecule has 2 aliphatic rings. The van der Waals surface area contributed by atoms with Gasteiger partial charge in [-0.15, -0.1) is 0 Å². The minimum Gasteiger partial charge on any atom is -0.311 e. The highest BCUT2D eigenvalue weighted by Crippen LogP contribution is 2.48. The van der Waals surface area contributed by atoms with Crippen LogP contribution in [-0.4, -0.2) is 12.1 Å². The summed E-state index contributed by atoms with van der Waals surface area (Å²) in [7, 11) is 0. The molecule has 1 saturated heterocycles. The van der Waals surface area contributed by atoms with Gasteiger partial charge in [-0.2, -0.15) is 0 Å². The van der Waals surface area contributed by atoms with E-state index in [4.69, 9.17) is 0 Å². The Morgan fingerprint density at radius 3 is 2.71 bits per heavy atom. The average molecular weight is 97.2 g/mol. The molecular weight excluding hydrogens is 86.1 g/mol. The van der Waals surface area contributed by atoms with Gasteiger partial charge in [-0.25, -0.2) is 0 Å². The fraction of sp³-hybridized carbons (Fsp3) is 1.00. The molecule has 1 aliphatic heterocycles. The number of nitrogens with one attached hydrogen (secondary N) is 1. The molecule has 2 fully saturated rings.